The highest BCUT2D eigenvalue weighted by Crippen LogP contribution is 2.20. The first-order valence-electron chi connectivity index (χ1n) is 7.30. The molecule has 1 heterocycles. The number of aromatic nitrogens is 2. The molecular formula is C16H14ClN3O4S. The molecule has 0 aliphatic carbocycles. The van der Waals surface area contributed by atoms with Gasteiger partial charge in [-0.05, 0) is 42.8 Å². The summed E-state index contributed by atoms with van der Waals surface area (Å²) in [5, 5.41) is 0.642. The Morgan fingerprint density at radius 2 is 1.72 bits per heavy atom. The van der Waals surface area contributed by atoms with Crippen molar-refractivity contribution in [2.75, 3.05) is 0 Å². The summed E-state index contributed by atoms with van der Waals surface area (Å²) in [5.41, 5.74) is -0.293. The van der Waals surface area contributed by atoms with Gasteiger partial charge in [-0.3, -0.25) is 9.78 Å². The van der Waals surface area contributed by atoms with Crippen LogP contribution < -0.4 is 16.0 Å². The molecule has 0 saturated carbocycles. The van der Waals surface area contributed by atoms with Gasteiger partial charge in [0.15, 0.2) is 0 Å². The topological polar surface area (TPSA) is 112 Å². The van der Waals surface area contributed by atoms with Crippen molar-refractivity contribution in [3.8, 4) is 0 Å². The van der Waals surface area contributed by atoms with E-state index in [2.05, 4.69) is 14.7 Å². The Balaban J connectivity index is 1.97. The highest BCUT2D eigenvalue weighted by Gasteiger charge is 2.19. The fourth-order valence-corrected chi connectivity index (χ4v) is 3.82. The third kappa shape index (κ3) is 3.65. The molecule has 1 atom stereocenters. The van der Waals surface area contributed by atoms with E-state index in [1.165, 1.54) is 18.2 Å². The Morgan fingerprint density at radius 3 is 2.40 bits per heavy atom. The predicted octanol–water partition coefficient (Wildman–Crippen LogP) is 1.91. The molecule has 0 spiro atoms. The predicted molar refractivity (Wildman–Crippen MR) is 95.4 cm³/mol. The normalized spacial score (nSPS) is 13.0. The minimum atomic E-state index is -3.86. The number of fused-ring (bicyclic) bond motifs is 1. The number of hydrogen-bond acceptors (Lipinski definition) is 4. The number of rotatable bonds is 4. The zero-order valence-corrected chi connectivity index (χ0v) is 14.6. The van der Waals surface area contributed by atoms with Crippen LogP contribution in [0.2, 0.25) is 5.02 Å². The average molecular weight is 380 g/mol. The summed E-state index contributed by atoms with van der Waals surface area (Å²) < 4.78 is 27.7. The molecule has 3 N–H and O–H groups in total. The van der Waals surface area contributed by atoms with Gasteiger partial charge in [0.2, 0.25) is 10.0 Å². The average Bonchev–Trinajstić information content (AvgIpc) is 2.54. The molecular weight excluding hydrogens is 366 g/mol. The number of aromatic amines is 2. The Hall–Kier alpha value is -2.42. The fraction of sp³-hybridized carbons (Fsp3) is 0.125. The number of halogens is 1. The second-order valence-corrected chi connectivity index (χ2v) is 7.66. The van der Waals surface area contributed by atoms with Crippen LogP contribution in [0.25, 0.3) is 10.9 Å². The van der Waals surface area contributed by atoms with Crippen LogP contribution in [0.5, 0.6) is 0 Å². The number of sulfonamides is 1. The van der Waals surface area contributed by atoms with E-state index >= 15 is 0 Å². The van der Waals surface area contributed by atoms with Gasteiger partial charge in [-0.15, -0.1) is 0 Å². The lowest BCUT2D eigenvalue weighted by Gasteiger charge is -2.15. The molecule has 2 aromatic carbocycles. The molecule has 3 rings (SSSR count). The summed E-state index contributed by atoms with van der Waals surface area (Å²) in [7, 11) is -3.86. The summed E-state index contributed by atoms with van der Waals surface area (Å²) >= 11 is 5.83. The number of hydrogen-bond donors (Lipinski definition) is 3. The van der Waals surface area contributed by atoms with Crippen molar-refractivity contribution >= 4 is 32.5 Å². The molecule has 1 aromatic heterocycles. The second kappa shape index (κ2) is 6.47. The molecule has 0 radical (unpaired) electrons. The van der Waals surface area contributed by atoms with Crippen LogP contribution in [0.1, 0.15) is 18.5 Å². The van der Waals surface area contributed by atoms with Crippen molar-refractivity contribution < 1.29 is 8.42 Å². The SMILES string of the molecule is CC(NS(=O)(=O)c1ccc2[nH]c(=O)[nH]c(=O)c2c1)c1ccc(Cl)cc1. The zero-order valence-electron chi connectivity index (χ0n) is 13.0. The van der Waals surface area contributed by atoms with Crippen molar-refractivity contribution in [1.82, 2.24) is 14.7 Å². The molecule has 3 aromatic rings. The lowest BCUT2D eigenvalue weighted by Crippen LogP contribution is -2.27. The molecule has 0 amide bonds. The molecule has 0 bridgehead atoms. The van der Waals surface area contributed by atoms with Gasteiger partial charge in [0.25, 0.3) is 5.56 Å². The van der Waals surface area contributed by atoms with E-state index in [1.54, 1.807) is 31.2 Å². The van der Waals surface area contributed by atoms with Crippen molar-refractivity contribution in [2.45, 2.75) is 17.9 Å². The van der Waals surface area contributed by atoms with E-state index in [1.807, 2.05) is 0 Å². The van der Waals surface area contributed by atoms with Crippen molar-refractivity contribution in [3.63, 3.8) is 0 Å². The van der Waals surface area contributed by atoms with Crippen LogP contribution in [-0.2, 0) is 10.0 Å². The minimum absolute atomic E-state index is 0.0710. The fourth-order valence-electron chi connectivity index (χ4n) is 2.43. The molecule has 0 saturated heterocycles. The summed E-state index contributed by atoms with van der Waals surface area (Å²) in [4.78, 5) is 27.6. The second-order valence-electron chi connectivity index (χ2n) is 5.51. The number of nitrogens with one attached hydrogen (secondary N) is 3. The maximum atomic E-state index is 12.6. The molecule has 130 valence electrons. The van der Waals surface area contributed by atoms with Gasteiger partial charge >= 0.3 is 5.69 Å². The van der Waals surface area contributed by atoms with Gasteiger partial charge in [-0.1, -0.05) is 23.7 Å². The third-order valence-electron chi connectivity index (χ3n) is 3.72. The van der Waals surface area contributed by atoms with Crippen LogP contribution in [0.4, 0.5) is 0 Å². The molecule has 9 heteroatoms. The van der Waals surface area contributed by atoms with E-state index in [0.29, 0.717) is 5.02 Å². The summed E-state index contributed by atoms with van der Waals surface area (Å²) in [6, 6.07) is 10.2. The van der Waals surface area contributed by atoms with Gasteiger partial charge in [0.05, 0.1) is 15.8 Å². The third-order valence-corrected chi connectivity index (χ3v) is 5.51. The van der Waals surface area contributed by atoms with Gasteiger partial charge in [-0.2, -0.15) is 0 Å². The standard InChI is InChI=1S/C16H14ClN3O4S/c1-9(10-2-4-11(17)5-3-10)20-25(23,24)12-6-7-14-13(8-12)15(21)19-16(22)18-14/h2-9,20H,1H3,(H2,18,19,21,22). The Bertz CT molecular complexity index is 1150. The molecule has 0 aliphatic rings. The highest BCUT2D eigenvalue weighted by molar-refractivity contribution is 7.89. The van der Waals surface area contributed by atoms with E-state index in [0.717, 1.165) is 5.56 Å². The highest BCUT2D eigenvalue weighted by atomic mass is 35.5. The Morgan fingerprint density at radius 1 is 1.04 bits per heavy atom. The van der Waals surface area contributed by atoms with E-state index in [4.69, 9.17) is 11.6 Å². The summed E-state index contributed by atoms with van der Waals surface area (Å²) in [6.45, 7) is 1.70. The summed E-state index contributed by atoms with van der Waals surface area (Å²) in [5.74, 6) is 0. The smallest absolute Gasteiger partial charge is 0.307 e. The number of benzene rings is 2. The molecule has 7 nitrogen and oxygen atoms in total. The van der Waals surface area contributed by atoms with Crippen molar-refractivity contribution in [2.24, 2.45) is 0 Å². The minimum Gasteiger partial charge on any atom is -0.307 e. The van der Waals surface area contributed by atoms with E-state index < -0.39 is 27.3 Å². The molecule has 0 fully saturated rings. The van der Waals surface area contributed by atoms with E-state index in [9.17, 15) is 18.0 Å². The van der Waals surface area contributed by atoms with Crippen LogP contribution in [0.15, 0.2) is 56.9 Å². The van der Waals surface area contributed by atoms with Gasteiger partial charge < -0.3 is 4.98 Å². The maximum absolute atomic E-state index is 12.6. The summed E-state index contributed by atoms with van der Waals surface area (Å²) in [6.07, 6.45) is 0. The van der Waals surface area contributed by atoms with Gasteiger partial charge in [-0.25, -0.2) is 17.9 Å². The van der Waals surface area contributed by atoms with E-state index in [-0.39, 0.29) is 15.8 Å². The first kappa shape index (κ1) is 17.4. The monoisotopic (exact) mass is 379 g/mol. The molecule has 0 aliphatic heterocycles. The Kier molecular flexibility index (Phi) is 4.51. The van der Waals surface area contributed by atoms with Crippen LogP contribution in [0, 0.1) is 0 Å². The Labute approximate surface area is 147 Å². The van der Waals surface area contributed by atoms with Crippen LogP contribution in [0.3, 0.4) is 0 Å². The van der Waals surface area contributed by atoms with Gasteiger partial charge in [0.1, 0.15) is 0 Å². The first-order chi connectivity index (χ1) is 11.8. The molecule has 1 unspecified atom stereocenters. The van der Waals surface area contributed by atoms with Gasteiger partial charge in [0, 0.05) is 11.1 Å². The maximum Gasteiger partial charge on any atom is 0.326 e. The molecule has 25 heavy (non-hydrogen) atoms. The first-order valence-corrected chi connectivity index (χ1v) is 9.16. The van der Waals surface area contributed by atoms with Crippen LogP contribution >= 0.6 is 11.6 Å². The largest absolute Gasteiger partial charge is 0.326 e. The lowest BCUT2D eigenvalue weighted by molar-refractivity contribution is 0.567. The lowest BCUT2D eigenvalue weighted by atomic mass is 10.1. The quantitative estimate of drug-likeness (QED) is 0.642. The van der Waals surface area contributed by atoms with Crippen molar-refractivity contribution in [3.05, 3.63) is 73.9 Å². The van der Waals surface area contributed by atoms with Crippen LogP contribution in [-0.4, -0.2) is 18.4 Å². The number of H-pyrrole nitrogens is 2. The zero-order chi connectivity index (χ0) is 18.2. The van der Waals surface area contributed by atoms with Crippen molar-refractivity contribution in [1.29, 1.82) is 0 Å².